The fourth-order valence-corrected chi connectivity index (χ4v) is 2.03. The molecule has 102 valence electrons. The van der Waals surface area contributed by atoms with E-state index < -0.39 is 0 Å². The van der Waals surface area contributed by atoms with Crippen molar-refractivity contribution in [1.82, 2.24) is 19.9 Å². The molecule has 0 atom stereocenters. The number of hydrogen-bond donors (Lipinski definition) is 1. The van der Waals surface area contributed by atoms with Crippen LogP contribution in [0.5, 0.6) is 0 Å². The van der Waals surface area contributed by atoms with Gasteiger partial charge in [0.05, 0.1) is 11.4 Å². The Balaban J connectivity index is 2.11. The number of nitrogens with one attached hydrogen (secondary N) is 1. The minimum atomic E-state index is 0.656. The lowest BCUT2D eigenvalue weighted by Gasteiger charge is -2.10. The molecular weight excluding hydrogens is 236 g/mol. The fraction of sp³-hybridized carbons (Fsp3) is 0.467. The minimum Gasteiger partial charge on any atom is -0.311 e. The SMILES string of the molecule is CCc1nccn1-c1ccnc(CNCC(C)C)c1. The Labute approximate surface area is 114 Å². The number of rotatable bonds is 6. The second-order valence-corrected chi connectivity index (χ2v) is 5.10. The van der Waals surface area contributed by atoms with Crippen LogP contribution in [0.3, 0.4) is 0 Å². The van der Waals surface area contributed by atoms with Crippen molar-refractivity contribution in [3.8, 4) is 5.69 Å². The fourth-order valence-electron chi connectivity index (χ4n) is 2.03. The van der Waals surface area contributed by atoms with Crippen LogP contribution in [0.2, 0.25) is 0 Å². The van der Waals surface area contributed by atoms with Crippen LogP contribution in [0.25, 0.3) is 5.69 Å². The Morgan fingerprint density at radius 2 is 2.11 bits per heavy atom. The third-order valence-corrected chi connectivity index (χ3v) is 2.97. The van der Waals surface area contributed by atoms with Gasteiger partial charge in [-0.25, -0.2) is 4.98 Å². The van der Waals surface area contributed by atoms with Gasteiger partial charge in [-0.2, -0.15) is 0 Å². The van der Waals surface area contributed by atoms with Crippen LogP contribution in [0.4, 0.5) is 0 Å². The van der Waals surface area contributed by atoms with Crippen LogP contribution in [0.1, 0.15) is 32.3 Å². The van der Waals surface area contributed by atoms with Crippen molar-refractivity contribution >= 4 is 0 Å². The lowest BCUT2D eigenvalue weighted by Crippen LogP contribution is -2.19. The number of pyridine rings is 1. The third kappa shape index (κ3) is 3.64. The minimum absolute atomic E-state index is 0.656. The third-order valence-electron chi connectivity index (χ3n) is 2.97. The summed E-state index contributed by atoms with van der Waals surface area (Å²) < 4.78 is 2.12. The molecule has 0 saturated carbocycles. The molecule has 4 nitrogen and oxygen atoms in total. The maximum absolute atomic E-state index is 4.41. The number of imidazole rings is 1. The summed E-state index contributed by atoms with van der Waals surface area (Å²) in [7, 11) is 0. The van der Waals surface area contributed by atoms with Gasteiger partial charge in [0.25, 0.3) is 0 Å². The summed E-state index contributed by atoms with van der Waals surface area (Å²) in [6.45, 7) is 8.34. The molecule has 0 spiro atoms. The molecule has 19 heavy (non-hydrogen) atoms. The second-order valence-electron chi connectivity index (χ2n) is 5.10. The number of hydrogen-bond acceptors (Lipinski definition) is 3. The first-order valence-electron chi connectivity index (χ1n) is 6.89. The topological polar surface area (TPSA) is 42.7 Å². The first-order valence-corrected chi connectivity index (χ1v) is 6.89. The molecule has 0 aliphatic rings. The van der Waals surface area contributed by atoms with Gasteiger partial charge in [0.1, 0.15) is 5.82 Å². The normalized spacial score (nSPS) is 11.2. The summed E-state index contributed by atoms with van der Waals surface area (Å²) in [5.41, 5.74) is 2.19. The Kier molecular flexibility index (Phi) is 4.68. The highest BCUT2D eigenvalue weighted by Gasteiger charge is 2.04. The molecule has 1 N–H and O–H groups in total. The van der Waals surface area contributed by atoms with Gasteiger partial charge < -0.3 is 9.88 Å². The molecule has 0 aromatic carbocycles. The molecule has 2 aromatic heterocycles. The first kappa shape index (κ1) is 13.7. The Morgan fingerprint density at radius 3 is 2.84 bits per heavy atom. The van der Waals surface area contributed by atoms with Crippen molar-refractivity contribution in [3.05, 3.63) is 42.2 Å². The van der Waals surface area contributed by atoms with Crippen LogP contribution in [-0.2, 0) is 13.0 Å². The van der Waals surface area contributed by atoms with Gasteiger partial charge >= 0.3 is 0 Å². The summed E-state index contributed by atoms with van der Waals surface area (Å²) in [5, 5.41) is 3.41. The van der Waals surface area contributed by atoms with Crippen molar-refractivity contribution in [1.29, 1.82) is 0 Å². The lowest BCUT2D eigenvalue weighted by molar-refractivity contribution is 0.548. The molecule has 0 unspecified atom stereocenters. The highest BCUT2D eigenvalue weighted by atomic mass is 15.1. The Bertz CT molecular complexity index is 516. The van der Waals surface area contributed by atoms with Crippen LogP contribution in [0.15, 0.2) is 30.7 Å². The second kappa shape index (κ2) is 6.48. The van der Waals surface area contributed by atoms with Crippen molar-refractivity contribution < 1.29 is 0 Å². The van der Waals surface area contributed by atoms with Gasteiger partial charge in [0.2, 0.25) is 0 Å². The molecule has 2 rings (SSSR count). The van der Waals surface area contributed by atoms with Crippen molar-refractivity contribution in [2.24, 2.45) is 5.92 Å². The van der Waals surface area contributed by atoms with Crippen molar-refractivity contribution in [2.75, 3.05) is 6.54 Å². The molecule has 2 heterocycles. The predicted octanol–water partition coefficient (Wildman–Crippen LogP) is 2.58. The molecule has 0 radical (unpaired) electrons. The maximum Gasteiger partial charge on any atom is 0.112 e. The molecule has 0 amide bonds. The van der Waals surface area contributed by atoms with Gasteiger partial charge in [-0.15, -0.1) is 0 Å². The van der Waals surface area contributed by atoms with E-state index in [0.717, 1.165) is 36.7 Å². The van der Waals surface area contributed by atoms with Crippen molar-refractivity contribution in [2.45, 2.75) is 33.7 Å². The largest absolute Gasteiger partial charge is 0.311 e. The average Bonchev–Trinajstić information content (AvgIpc) is 2.87. The highest BCUT2D eigenvalue weighted by molar-refractivity contribution is 5.33. The quantitative estimate of drug-likeness (QED) is 0.866. The van der Waals surface area contributed by atoms with E-state index in [9.17, 15) is 0 Å². The molecule has 2 aromatic rings. The number of aryl methyl sites for hydroxylation is 1. The summed E-state index contributed by atoms with van der Waals surface area (Å²) in [5.74, 6) is 1.73. The zero-order valence-electron chi connectivity index (χ0n) is 11.9. The molecule has 4 heteroatoms. The Hall–Kier alpha value is -1.68. The summed E-state index contributed by atoms with van der Waals surface area (Å²) in [6.07, 6.45) is 6.63. The van der Waals surface area contributed by atoms with Gasteiger partial charge in [-0.3, -0.25) is 4.98 Å². The Morgan fingerprint density at radius 1 is 1.26 bits per heavy atom. The predicted molar refractivity (Wildman–Crippen MR) is 77.3 cm³/mol. The van der Waals surface area contributed by atoms with Crippen LogP contribution < -0.4 is 5.32 Å². The maximum atomic E-state index is 4.41. The van der Waals surface area contributed by atoms with E-state index in [-0.39, 0.29) is 0 Å². The van der Waals surface area contributed by atoms with E-state index in [1.54, 1.807) is 0 Å². The van der Waals surface area contributed by atoms with Gasteiger partial charge in [0, 0.05) is 31.6 Å². The summed E-state index contributed by atoms with van der Waals surface area (Å²) in [6, 6.07) is 4.14. The smallest absolute Gasteiger partial charge is 0.112 e. The average molecular weight is 258 g/mol. The van der Waals surface area contributed by atoms with Gasteiger partial charge in [-0.1, -0.05) is 20.8 Å². The van der Waals surface area contributed by atoms with Crippen LogP contribution >= 0.6 is 0 Å². The van der Waals surface area contributed by atoms with Gasteiger partial charge in [0.15, 0.2) is 0 Å². The molecule has 0 fully saturated rings. The van der Waals surface area contributed by atoms with Crippen LogP contribution in [-0.4, -0.2) is 21.1 Å². The molecule has 0 aliphatic carbocycles. The number of nitrogens with zero attached hydrogens (tertiary/aromatic N) is 3. The molecule has 0 bridgehead atoms. The standard InChI is InChI=1S/C15H22N4/c1-4-15-18-7-8-19(15)14-5-6-17-13(9-14)11-16-10-12(2)3/h5-9,12,16H,4,10-11H2,1-3H3. The molecular formula is C15H22N4. The molecule has 0 saturated heterocycles. The highest BCUT2D eigenvalue weighted by Crippen LogP contribution is 2.11. The monoisotopic (exact) mass is 258 g/mol. The zero-order chi connectivity index (χ0) is 13.7. The van der Waals surface area contributed by atoms with E-state index in [0.29, 0.717) is 5.92 Å². The molecule has 0 aliphatic heterocycles. The van der Waals surface area contributed by atoms with E-state index in [1.165, 1.54) is 0 Å². The summed E-state index contributed by atoms with van der Waals surface area (Å²) >= 11 is 0. The van der Waals surface area contributed by atoms with E-state index in [4.69, 9.17) is 0 Å². The van der Waals surface area contributed by atoms with Gasteiger partial charge in [-0.05, 0) is 24.6 Å². The van der Waals surface area contributed by atoms with E-state index in [1.807, 2.05) is 24.7 Å². The van der Waals surface area contributed by atoms with E-state index >= 15 is 0 Å². The van der Waals surface area contributed by atoms with Crippen LogP contribution in [0, 0.1) is 5.92 Å². The van der Waals surface area contributed by atoms with E-state index in [2.05, 4.69) is 46.7 Å². The van der Waals surface area contributed by atoms with Crippen molar-refractivity contribution in [3.63, 3.8) is 0 Å². The zero-order valence-corrected chi connectivity index (χ0v) is 11.9. The number of aromatic nitrogens is 3. The lowest BCUT2D eigenvalue weighted by atomic mass is 10.2. The summed E-state index contributed by atoms with van der Waals surface area (Å²) in [4.78, 5) is 8.76. The first-order chi connectivity index (χ1) is 9.20.